The molecule has 0 bridgehead atoms. The molecule has 0 saturated carbocycles. The first-order valence-electron chi connectivity index (χ1n) is 7.01. The number of aliphatic imine (C=N–C) groups is 1. The Labute approximate surface area is 128 Å². The standard InChI is InChI=1S/C17H17FN2S/c1-12(14-9-5-6-10-15(14)18)20-17-19-11-16(21-17)13-7-3-2-4-8-13/h2-10,12,16H,11H2,1H3,(H,19,20). The van der Waals surface area contributed by atoms with Crippen molar-refractivity contribution < 1.29 is 4.39 Å². The summed E-state index contributed by atoms with van der Waals surface area (Å²) in [6.45, 7) is 2.72. The fraction of sp³-hybridized carbons (Fsp3) is 0.235. The lowest BCUT2D eigenvalue weighted by Gasteiger charge is -2.16. The van der Waals surface area contributed by atoms with E-state index in [1.165, 1.54) is 11.6 Å². The van der Waals surface area contributed by atoms with Crippen LogP contribution in [0.1, 0.15) is 29.3 Å². The van der Waals surface area contributed by atoms with Crippen LogP contribution in [0.4, 0.5) is 4.39 Å². The lowest BCUT2D eigenvalue weighted by atomic mass is 10.1. The molecule has 1 aliphatic rings. The summed E-state index contributed by atoms with van der Waals surface area (Å²) in [6, 6.07) is 17.1. The molecule has 1 aliphatic heterocycles. The minimum atomic E-state index is -0.180. The normalized spacial score (nSPS) is 19.1. The largest absolute Gasteiger partial charge is 0.358 e. The molecule has 3 rings (SSSR count). The van der Waals surface area contributed by atoms with E-state index < -0.39 is 0 Å². The summed E-state index contributed by atoms with van der Waals surface area (Å²) in [7, 11) is 0. The molecule has 0 aliphatic carbocycles. The average molecular weight is 300 g/mol. The predicted octanol–water partition coefficient (Wildman–Crippen LogP) is 4.32. The predicted molar refractivity (Wildman–Crippen MR) is 87.0 cm³/mol. The number of hydrogen-bond acceptors (Lipinski definition) is 3. The van der Waals surface area contributed by atoms with Gasteiger partial charge in [-0.3, -0.25) is 4.99 Å². The van der Waals surface area contributed by atoms with E-state index >= 15 is 0 Å². The van der Waals surface area contributed by atoms with Crippen LogP contribution in [0.5, 0.6) is 0 Å². The summed E-state index contributed by atoms with van der Waals surface area (Å²) < 4.78 is 13.8. The number of nitrogens with zero attached hydrogens (tertiary/aromatic N) is 1. The maximum absolute atomic E-state index is 13.8. The molecule has 2 aromatic rings. The van der Waals surface area contributed by atoms with Crippen molar-refractivity contribution >= 4 is 16.9 Å². The Morgan fingerprint density at radius 2 is 1.86 bits per heavy atom. The van der Waals surface area contributed by atoms with Crippen molar-refractivity contribution in [3.05, 3.63) is 71.5 Å². The quantitative estimate of drug-likeness (QED) is 0.913. The van der Waals surface area contributed by atoms with Crippen LogP contribution in [0.15, 0.2) is 59.6 Å². The SMILES string of the molecule is CC(NC1=NCC(c2ccccc2)S1)c1ccccc1F. The molecule has 4 heteroatoms. The van der Waals surface area contributed by atoms with E-state index in [9.17, 15) is 4.39 Å². The van der Waals surface area contributed by atoms with Crippen molar-refractivity contribution in [2.45, 2.75) is 18.2 Å². The Kier molecular flexibility index (Phi) is 4.25. The molecule has 1 heterocycles. The van der Waals surface area contributed by atoms with Gasteiger partial charge in [-0.15, -0.1) is 0 Å². The maximum Gasteiger partial charge on any atom is 0.157 e. The Balaban J connectivity index is 1.64. The minimum Gasteiger partial charge on any atom is -0.358 e. The van der Waals surface area contributed by atoms with E-state index in [0.717, 1.165) is 11.7 Å². The van der Waals surface area contributed by atoms with Crippen LogP contribution in [-0.2, 0) is 0 Å². The van der Waals surface area contributed by atoms with Crippen molar-refractivity contribution in [2.24, 2.45) is 4.99 Å². The molecule has 0 aromatic heterocycles. The van der Waals surface area contributed by atoms with Crippen molar-refractivity contribution in [1.29, 1.82) is 0 Å². The molecule has 0 spiro atoms. The van der Waals surface area contributed by atoms with E-state index in [-0.39, 0.29) is 11.9 Å². The molecule has 2 aromatic carbocycles. The van der Waals surface area contributed by atoms with Crippen molar-refractivity contribution in [3.8, 4) is 0 Å². The number of hydrogen-bond donors (Lipinski definition) is 1. The zero-order valence-corrected chi connectivity index (χ0v) is 12.6. The highest BCUT2D eigenvalue weighted by molar-refractivity contribution is 8.14. The van der Waals surface area contributed by atoms with E-state index in [0.29, 0.717) is 10.8 Å². The number of benzene rings is 2. The average Bonchev–Trinajstić information content (AvgIpc) is 2.97. The van der Waals surface area contributed by atoms with Crippen LogP contribution in [-0.4, -0.2) is 11.7 Å². The molecule has 2 nitrogen and oxygen atoms in total. The molecular formula is C17H17FN2S. The minimum absolute atomic E-state index is 0.0908. The van der Waals surface area contributed by atoms with Gasteiger partial charge in [0.1, 0.15) is 5.82 Å². The van der Waals surface area contributed by atoms with Gasteiger partial charge in [-0.2, -0.15) is 0 Å². The van der Waals surface area contributed by atoms with Crippen molar-refractivity contribution in [1.82, 2.24) is 5.32 Å². The molecule has 21 heavy (non-hydrogen) atoms. The van der Waals surface area contributed by atoms with E-state index in [1.54, 1.807) is 17.8 Å². The third-order valence-corrected chi connectivity index (χ3v) is 4.71. The first-order chi connectivity index (χ1) is 10.2. The van der Waals surface area contributed by atoms with Gasteiger partial charge in [0.15, 0.2) is 5.17 Å². The van der Waals surface area contributed by atoms with Gasteiger partial charge in [-0.25, -0.2) is 4.39 Å². The third-order valence-electron chi connectivity index (χ3n) is 3.54. The van der Waals surface area contributed by atoms with Crippen molar-refractivity contribution in [2.75, 3.05) is 6.54 Å². The Hall–Kier alpha value is -1.81. The summed E-state index contributed by atoms with van der Waals surface area (Å²) in [5.41, 5.74) is 1.95. The molecule has 0 fully saturated rings. The van der Waals surface area contributed by atoms with Gasteiger partial charge in [0.2, 0.25) is 0 Å². The summed E-state index contributed by atoms with van der Waals surface area (Å²) in [6.07, 6.45) is 0. The zero-order chi connectivity index (χ0) is 14.7. The fourth-order valence-corrected chi connectivity index (χ4v) is 3.49. The monoisotopic (exact) mass is 300 g/mol. The second-order valence-corrected chi connectivity index (χ2v) is 6.24. The Bertz CT molecular complexity index is 642. The molecule has 2 unspecified atom stereocenters. The van der Waals surface area contributed by atoms with Gasteiger partial charge < -0.3 is 5.32 Å². The van der Waals surface area contributed by atoms with Crippen LogP contribution >= 0.6 is 11.8 Å². The highest BCUT2D eigenvalue weighted by Gasteiger charge is 2.22. The van der Waals surface area contributed by atoms with Gasteiger partial charge >= 0.3 is 0 Å². The molecule has 0 saturated heterocycles. The summed E-state index contributed by atoms with van der Waals surface area (Å²) in [4.78, 5) is 4.53. The van der Waals surface area contributed by atoms with Gasteiger partial charge in [0.05, 0.1) is 17.8 Å². The van der Waals surface area contributed by atoms with Crippen LogP contribution in [0, 0.1) is 5.82 Å². The van der Waals surface area contributed by atoms with E-state index in [2.05, 4.69) is 22.4 Å². The number of amidine groups is 1. The first-order valence-corrected chi connectivity index (χ1v) is 7.89. The maximum atomic E-state index is 13.8. The molecule has 0 radical (unpaired) electrons. The first kappa shape index (κ1) is 14.1. The smallest absolute Gasteiger partial charge is 0.157 e. The van der Waals surface area contributed by atoms with Gasteiger partial charge in [0.25, 0.3) is 0 Å². The molecule has 1 N–H and O–H groups in total. The van der Waals surface area contributed by atoms with Gasteiger partial charge in [-0.1, -0.05) is 60.3 Å². The van der Waals surface area contributed by atoms with Crippen LogP contribution in [0.3, 0.4) is 0 Å². The third kappa shape index (κ3) is 3.27. The topological polar surface area (TPSA) is 24.4 Å². The highest BCUT2D eigenvalue weighted by atomic mass is 32.2. The fourth-order valence-electron chi connectivity index (χ4n) is 2.39. The van der Waals surface area contributed by atoms with Gasteiger partial charge in [-0.05, 0) is 18.6 Å². The van der Waals surface area contributed by atoms with E-state index in [1.807, 2.05) is 37.3 Å². The number of nitrogens with one attached hydrogen (secondary N) is 1. The highest BCUT2D eigenvalue weighted by Crippen LogP contribution is 2.35. The summed E-state index contributed by atoms with van der Waals surface area (Å²) in [5, 5.41) is 4.55. The molecule has 2 atom stereocenters. The Morgan fingerprint density at radius 1 is 1.14 bits per heavy atom. The number of rotatable bonds is 3. The molecular weight excluding hydrogens is 283 g/mol. The van der Waals surface area contributed by atoms with Crippen LogP contribution < -0.4 is 5.32 Å². The second-order valence-electron chi connectivity index (χ2n) is 5.05. The number of thioether (sulfide) groups is 1. The van der Waals surface area contributed by atoms with Crippen molar-refractivity contribution in [3.63, 3.8) is 0 Å². The van der Waals surface area contributed by atoms with Crippen LogP contribution in [0.25, 0.3) is 0 Å². The summed E-state index contributed by atoms with van der Waals surface area (Å²) in [5.74, 6) is -0.180. The second kappa shape index (κ2) is 6.31. The number of halogens is 1. The lowest BCUT2D eigenvalue weighted by molar-refractivity contribution is 0.580. The Morgan fingerprint density at radius 3 is 2.62 bits per heavy atom. The molecule has 108 valence electrons. The van der Waals surface area contributed by atoms with E-state index in [4.69, 9.17) is 0 Å². The van der Waals surface area contributed by atoms with Gasteiger partial charge in [0, 0.05) is 5.56 Å². The summed E-state index contributed by atoms with van der Waals surface area (Å²) >= 11 is 1.71. The zero-order valence-electron chi connectivity index (χ0n) is 11.8. The van der Waals surface area contributed by atoms with Crippen LogP contribution in [0.2, 0.25) is 0 Å². The lowest BCUT2D eigenvalue weighted by Crippen LogP contribution is -2.23. The molecule has 0 amide bonds.